The molecule has 1 aliphatic rings. The Balaban J connectivity index is 2.02. The highest BCUT2D eigenvalue weighted by Gasteiger charge is 2.31. The minimum Gasteiger partial charge on any atom is -0.379 e. The molecule has 0 aliphatic carbocycles. The van der Waals surface area contributed by atoms with Crippen LogP contribution >= 0.6 is 15.9 Å². The minimum atomic E-state index is -0.251. The van der Waals surface area contributed by atoms with Crippen LogP contribution in [-0.2, 0) is 9.53 Å². The molecule has 0 aromatic heterocycles. The SMILES string of the molecule is NC1COCC1C(=O)Nc1cccc(Br)c1. The summed E-state index contributed by atoms with van der Waals surface area (Å²) in [6, 6.07) is 7.25. The molecule has 0 saturated carbocycles. The highest BCUT2D eigenvalue weighted by atomic mass is 79.9. The van der Waals surface area contributed by atoms with Gasteiger partial charge in [0.25, 0.3) is 0 Å². The number of anilines is 1. The van der Waals surface area contributed by atoms with Gasteiger partial charge in [0.05, 0.1) is 19.1 Å². The van der Waals surface area contributed by atoms with Crippen LogP contribution in [0.15, 0.2) is 28.7 Å². The number of nitrogens with one attached hydrogen (secondary N) is 1. The molecule has 0 bridgehead atoms. The highest BCUT2D eigenvalue weighted by Crippen LogP contribution is 2.18. The van der Waals surface area contributed by atoms with E-state index in [9.17, 15) is 4.79 Å². The first kappa shape index (κ1) is 11.6. The van der Waals surface area contributed by atoms with Crippen molar-refractivity contribution < 1.29 is 9.53 Å². The first-order valence-corrected chi connectivity index (χ1v) is 5.86. The van der Waals surface area contributed by atoms with E-state index in [1.54, 1.807) is 0 Å². The molecule has 1 saturated heterocycles. The lowest BCUT2D eigenvalue weighted by Gasteiger charge is -2.13. The van der Waals surface area contributed by atoms with E-state index in [0.717, 1.165) is 10.2 Å². The summed E-state index contributed by atoms with van der Waals surface area (Å²) in [5.74, 6) is -0.331. The van der Waals surface area contributed by atoms with Crippen molar-refractivity contribution in [3.63, 3.8) is 0 Å². The normalized spacial score (nSPS) is 24.4. The molecule has 2 atom stereocenters. The first-order chi connectivity index (χ1) is 7.66. The third-order valence-corrected chi connectivity index (χ3v) is 3.05. The third-order valence-electron chi connectivity index (χ3n) is 2.55. The van der Waals surface area contributed by atoms with Crippen molar-refractivity contribution in [2.45, 2.75) is 6.04 Å². The molecule has 1 aromatic rings. The fourth-order valence-electron chi connectivity index (χ4n) is 1.64. The molecule has 0 spiro atoms. The van der Waals surface area contributed by atoms with Gasteiger partial charge in [0.1, 0.15) is 0 Å². The molecule has 4 nitrogen and oxygen atoms in total. The van der Waals surface area contributed by atoms with Crippen molar-refractivity contribution >= 4 is 27.5 Å². The first-order valence-electron chi connectivity index (χ1n) is 5.06. The molecular formula is C11H13BrN2O2. The Morgan fingerprint density at radius 3 is 2.94 bits per heavy atom. The van der Waals surface area contributed by atoms with Crippen LogP contribution in [0.2, 0.25) is 0 Å². The van der Waals surface area contributed by atoms with Crippen molar-refractivity contribution in [2.75, 3.05) is 18.5 Å². The number of halogens is 1. The van der Waals surface area contributed by atoms with E-state index in [0.29, 0.717) is 13.2 Å². The van der Waals surface area contributed by atoms with Gasteiger partial charge >= 0.3 is 0 Å². The van der Waals surface area contributed by atoms with Crippen molar-refractivity contribution in [2.24, 2.45) is 11.7 Å². The lowest BCUT2D eigenvalue weighted by Crippen LogP contribution is -2.37. The van der Waals surface area contributed by atoms with Crippen LogP contribution in [0.4, 0.5) is 5.69 Å². The number of benzene rings is 1. The second-order valence-corrected chi connectivity index (χ2v) is 4.72. The van der Waals surface area contributed by atoms with Gasteiger partial charge < -0.3 is 15.8 Å². The van der Waals surface area contributed by atoms with E-state index in [1.807, 2.05) is 24.3 Å². The summed E-state index contributed by atoms with van der Waals surface area (Å²) in [5, 5.41) is 2.83. The van der Waals surface area contributed by atoms with Crippen LogP contribution in [0.1, 0.15) is 0 Å². The van der Waals surface area contributed by atoms with Gasteiger partial charge in [-0.15, -0.1) is 0 Å². The van der Waals surface area contributed by atoms with Crippen molar-refractivity contribution in [1.29, 1.82) is 0 Å². The van der Waals surface area contributed by atoms with Gasteiger partial charge in [-0.3, -0.25) is 4.79 Å². The number of carbonyl (C=O) groups excluding carboxylic acids is 1. The number of nitrogens with two attached hydrogens (primary N) is 1. The molecule has 1 heterocycles. The number of hydrogen-bond acceptors (Lipinski definition) is 3. The predicted octanol–water partition coefficient (Wildman–Crippen LogP) is 1.36. The molecule has 1 fully saturated rings. The summed E-state index contributed by atoms with van der Waals surface area (Å²) >= 11 is 3.35. The molecule has 2 rings (SSSR count). The van der Waals surface area contributed by atoms with Gasteiger partial charge in [-0.25, -0.2) is 0 Å². The van der Waals surface area contributed by atoms with E-state index < -0.39 is 0 Å². The van der Waals surface area contributed by atoms with Crippen molar-refractivity contribution in [3.8, 4) is 0 Å². The van der Waals surface area contributed by atoms with E-state index >= 15 is 0 Å². The van der Waals surface area contributed by atoms with Crippen LogP contribution in [-0.4, -0.2) is 25.2 Å². The van der Waals surface area contributed by atoms with Gasteiger partial charge in [-0.05, 0) is 18.2 Å². The summed E-state index contributed by atoms with van der Waals surface area (Å²) in [7, 11) is 0. The Kier molecular flexibility index (Phi) is 3.58. The van der Waals surface area contributed by atoms with Crippen LogP contribution in [0.25, 0.3) is 0 Å². The van der Waals surface area contributed by atoms with E-state index in [-0.39, 0.29) is 17.9 Å². The fraction of sp³-hybridized carbons (Fsp3) is 0.364. The van der Waals surface area contributed by atoms with Gasteiger partial charge in [0.2, 0.25) is 5.91 Å². The molecule has 1 amide bonds. The Morgan fingerprint density at radius 1 is 1.50 bits per heavy atom. The van der Waals surface area contributed by atoms with Crippen molar-refractivity contribution in [3.05, 3.63) is 28.7 Å². The summed E-state index contributed by atoms with van der Waals surface area (Å²) < 4.78 is 6.08. The monoisotopic (exact) mass is 284 g/mol. The average molecular weight is 285 g/mol. The Morgan fingerprint density at radius 2 is 2.31 bits per heavy atom. The summed E-state index contributed by atoms with van der Waals surface area (Å²) in [6.45, 7) is 0.859. The summed E-state index contributed by atoms with van der Waals surface area (Å²) in [5.41, 5.74) is 6.53. The zero-order chi connectivity index (χ0) is 11.5. The lowest BCUT2D eigenvalue weighted by molar-refractivity contribution is -0.120. The zero-order valence-corrected chi connectivity index (χ0v) is 10.2. The molecule has 2 unspecified atom stereocenters. The average Bonchev–Trinajstić information content (AvgIpc) is 2.64. The highest BCUT2D eigenvalue weighted by molar-refractivity contribution is 9.10. The zero-order valence-electron chi connectivity index (χ0n) is 8.65. The van der Waals surface area contributed by atoms with E-state index in [4.69, 9.17) is 10.5 Å². The second-order valence-electron chi connectivity index (χ2n) is 3.81. The molecule has 5 heteroatoms. The third kappa shape index (κ3) is 2.61. The maximum atomic E-state index is 11.9. The second kappa shape index (κ2) is 4.95. The summed E-state index contributed by atoms with van der Waals surface area (Å²) in [6.07, 6.45) is 0. The topological polar surface area (TPSA) is 64.3 Å². The minimum absolute atomic E-state index is 0.0805. The predicted molar refractivity (Wildman–Crippen MR) is 65.1 cm³/mol. The van der Waals surface area contributed by atoms with E-state index in [1.165, 1.54) is 0 Å². The molecule has 0 radical (unpaired) electrons. The van der Waals surface area contributed by atoms with Gasteiger partial charge in [0.15, 0.2) is 0 Å². The lowest BCUT2D eigenvalue weighted by atomic mass is 10.0. The smallest absolute Gasteiger partial charge is 0.231 e. The Labute approximate surface area is 102 Å². The molecule has 3 N–H and O–H groups in total. The van der Waals surface area contributed by atoms with Gasteiger partial charge in [-0.1, -0.05) is 22.0 Å². The molecule has 16 heavy (non-hydrogen) atoms. The molecule has 86 valence electrons. The van der Waals surface area contributed by atoms with Crippen LogP contribution in [0.3, 0.4) is 0 Å². The van der Waals surface area contributed by atoms with Gasteiger partial charge in [0, 0.05) is 16.2 Å². The van der Waals surface area contributed by atoms with Crippen LogP contribution in [0.5, 0.6) is 0 Å². The van der Waals surface area contributed by atoms with E-state index in [2.05, 4.69) is 21.2 Å². The molecule has 1 aromatic carbocycles. The number of amides is 1. The number of ether oxygens (including phenoxy) is 1. The molecular weight excluding hydrogens is 272 g/mol. The standard InChI is InChI=1S/C11H13BrN2O2/c12-7-2-1-3-8(4-7)14-11(15)9-5-16-6-10(9)13/h1-4,9-10H,5-6,13H2,(H,14,15). The maximum absolute atomic E-state index is 11.9. The number of carbonyl (C=O) groups is 1. The Hall–Kier alpha value is -0.910. The fourth-order valence-corrected chi connectivity index (χ4v) is 2.04. The summed E-state index contributed by atoms with van der Waals surface area (Å²) in [4.78, 5) is 11.9. The van der Waals surface area contributed by atoms with Gasteiger partial charge in [-0.2, -0.15) is 0 Å². The maximum Gasteiger partial charge on any atom is 0.231 e. The number of rotatable bonds is 2. The quantitative estimate of drug-likeness (QED) is 0.862. The largest absolute Gasteiger partial charge is 0.379 e. The van der Waals surface area contributed by atoms with Crippen LogP contribution in [0, 0.1) is 5.92 Å². The van der Waals surface area contributed by atoms with Crippen LogP contribution < -0.4 is 11.1 Å². The Bertz CT molecular complexity index is 397. The van der Waals surface area contributed by atoms with Crippen molar-refractivity contribution in [1.82, 2.24) is 0 Å². The molecule has 1 aliphatic heterocycles. The number of hydrogen-bond donors (Lipinski definition) is 2.